The van der Waals surface area contributed by atoms with Crippen LogP contribution < -0.4 is 10.6 Å². The highest BCUT2D eigenvalue weighted by Gasteiger charge is 2.72. The Bertz CT molecular complexity index is 1130. The third-order valence-corrected chi connectivity index (χ3v) is 9.75. The van der Waals surface area contributed by atoms with Gasteiger partial charge in [-0.05, 0) is 54.2 Å². The van der Waals surface area contributed by atoms with Gasteiger partial charge in [0.25, 0.3) is 0 Å². The first-order valence-corrected chi connectivity index (χ1v) is 14.9. The van der Waals surface area contributed by atoms with Gasteiger partial charge in [0.05, 0.1) is 17.9 Å². The second kappa shape index (κ2) is 10.7. The molecule has 1 aromatic rings. The Kier molecular flexibility index (Phi) is 7.66. The highest BCUT2D eigenvalue weighted by molar-refractivity contribution is 6.02. The van der Waals surface area contributed by atoms with Gasteiger partial charge in [-0.25, -0.2) is 0 Å². The lowest BCUT2D eigenvalue weighted by Gasteiger charge is -2.38. The zero-order valence-corrected chi connectivity index (χ0v) is 24.3. The van der Waals surface area contributed by atoms with Crippen molar-refractivity contribution < 1.29 is 19.1 Å². The number of amides is 3. The lowest BCUT2D eigenvalue weighted by molar-refractivity contribution is -0.141. The Morgan fingerprint density at radius 2 is 1.79 bits per heavy atom. The fourth-order valence-electron chi connectivity index (χ4n) is 7.13. The normalized spacial score (nSPS) is 35.1. The highest BCUT2D eigenvalue weighted by Crippen LogP contribution is 2.55. The molecule has 39 heavy (non-hydrogen) atoms. The predicted octanol–water partition coefficient (Wildman–Crippen LogP) is 4.89. The van der Waals surface area contributed by atoms with Gasteiger partial charge in [0.2, 0.25) is 17.7 Å². The zero-order valence-electron chi connectivity index (χ0n) is 24.3. The summed E-state index contributed by atoms with van der Waals surface area (Å²) in [7, 11) is 0. The summed E-state index contributed by atoms with van der Waals surface area (Å²) in [5, 5.41) is 6.35. The number of hydrogen-bond donors (Lipinski definition) is 2. The first kappa shape index (κ1) is 27.9. The summed E-state index contributed by atoms with van der Waals surface area (Å²) in [5.41, 5.74) is 0.776. The Morgan fingerprint density at radius 1 is 1.08 bits per heavy atom. The summed E-state index contributed by atoms with van der Waals surface area (Å²) in [6.45, 7) is 13.4. The number of fused-ring (bicyclic) bond motifs is 1. The van der Waals surface area contributed by atoms with Crippen molar-refractivity contribution in [1.82, 2.24) is 10.2 Å². The highest BCUT2D eigenvalue weighted by atomic mass is 16.5. The van der Waals surface area contributed by atoms with Gasteiger partial charge < -0.3 is 20.3 Å². The zero-order chi connectivity index (χ0) is 28.1. The fourth-order valence-corrected chi connectivity index (χ4v) is 7.13. The van der Waals surface area contributed by atoms with Crippen LogP contribution in [0.5, 0.6) is 0 Å². The Labute approximate surface area is 233 Å². The van der Waals surface area contributed by atoms with Crippen molar-refractivity contribution in [2.45, 2.75) is 96.9 Å². The number of hydrogen-bond acceptors (Lipinski definition) is 4. The molecule has 2 bridgehead atoms. The summed E-state index contributed by atoms with van der Waals surface area (Å²) in [6.07, 6.45) is 7.24. The third-order valence-electron chi connectivity index (χ3n) is 9.75. The minimum absolute atomic E-state index is 0.0780. The molecule has 3 aliphatic heterocycles. The maximum absolute atomic E-state index is 14.0. The van der Waals surface area contributed by atoms with E-state index in [0.29, 0.717) is 35.9 Å². The Balaban J connectivity index is 1.41. The molecule has 5 rings (SSSR count). The van der Waals surface area contributed by atoms with E-state index in [4.69, 9.17) is 4.74 Å². The molecular weight excluding hydrogens is 490 g/mol. The number of benzene rings is 1. The van der Waals surface area contributed by atoms with E-state index in [9.17, 15) is 14.4 Å². The summed E-state index contributed by atoms with van der Waals surface area (Å²) >= 11 is 0. The van der Waals surface area contributed by atoms with Gasteiger partial charge in [-0.3, -0.25) is 14.4 Å². The van der Waals surface area contributed by atoms with Crippen LogP contribution in [0.2, 0.25) is 0 Å². The van der Waals surface area contributed by atoms with E-state index in [2.05, 4.69) is 52.2 Å². The van der Waals surface area contributed by atoms with Gasteiger partial charge in [-0.1, -0.05) is 78.7 Å². The van der Waals surface area contributed by atoms with Gasteiger partial charge in [-0.2, -0.15) is 0 Å². The van der Waals surface area contributed by atoms with E-state index in [-0.39, 0.29) is 23.8 Å². The van der Waals surface area contributed by atoms with E-state index in [1.165, 1.54) is 12.0 Å². The number of rotatable bonds is 8. The summed E-state index contributed by atoms with van der Waals surface area (Å²) in [6, 6.07) is 7.14. The molecule has 7 nitrogen and oxygen atoms in total. The number of anilines is 1. The van der Waals surface area contributed by atoms with Crippen LogP contribution in [-0.2, 0) is 19.1 Å². The molecule has 1 aromatic carbocycles. The maximum Gasteiger partial charge on any atom is 0.246 e. The molecule has 8 atom stereocenters. The average molecular weight is 536 g/mol. The monoisotopic (exact) mass is 535 g/mol. The molecule has 2 saturated heterocycles. The van der Waals surface area contributed by atoms with Crippen molar-refractivity contribution in [2.75, 3.05) is 11.9 Å². The van der Waals surface area contributed by atoms with E-state index in [1.807, 2.05) is 36.4 Å². The van der Waals surface area contributed by atoms with Crippen LogP contribution in [0.4, 0.5) is 5.69 Å². The summed E-state index contributed by atoms with van der Waals surface area (Å²) < 4.78 is 6.49. The topological polar surface area (TPSA) is 87.7 Å². The van der Waals surface area contributed by atoms with E-state index in [0.717, 1.165) is 19.3 Å². The van der Waals surface area contributed by atoms with Gasteiger partial charge in [0.15, 0.2) is 0 Å². The first-order valence-electron chi connectivity index (χ1n) is 14.9. The molecule has 1 saturated carbocycles. The standard InChI is InChI=1S/C32H45N3O4/c1-18(2)15-17-35-28(30(37)34-24-9-7-8-20(5)21(24)6)32-16-14-25(39-32)26(27(32)31(35)38)29(36)33-23-12-10-22(11-13-23)19(3)4/h10-14,16,18-21,24-28H,7-9,15,17H2,1-6H3,(H,33,36)(H,34,37)/t20-,21-,24-,25-,26-,27-,28+,32+/m1/s1. The number of likely N-dealkylation sites (tertiary alicyclic amines) is 1. The van der Waals surface area contributed by atoms with Crippen molar-refractivity contribution in [3.05, 3.63) is 42.0 Å². The lowest BCUT2D eigenvalue weighted by atomic mass is 9.73. The van der Waals surface area contributed by atoms with Gasteiger partial charge in [0.1, 0.15) is 11.6 Å². The van der Waals surface area contributed by atoms with Crippen LogP contribution in [0.25, 0.3) is 0 Å². The molecular formula is C32H45N3O4. The van der Waals surface area contributed by atoms with Crippen molar-refractivity contribution in [3.8, 4) is 0 Å². The molecule has 7 heteroatoms. The quantitative estimate of drug-likeness (QED) is 0.464. The molecule has 4 aliphatic rings. The number of carbonyl (C=O) groups is 3. The van der Waals surface area contributed by atoms with Gasteiger partial charge in [0, 0.05) is 18.3 Å². The SMILES string of the molecule is CC(C)CCN1C(=O)[C@H]2[C@H](C(=O)Nc3ccc(C(C)C)cc3)[C@H]3C=C[C@@]2(O3)[C@@H]1C(=O)N[C@@H]1CCC[C@@H](C)[C@H]1C. The number of nitrogens with zero attached hydrogens (tertiary/aromatic N) is 1. The summed E-state index contributed by atoms with van der Waals surface area (Å²) in [5.74, 6) is -0.254. The largest absolute Gasteiger partial charge is 0.359 e. The second-order valence-corrected chi connectivity index (χ2v) is 13.1. The number of carbonyl (C=O) groups excluding carboxylic acids is 3. The molecule has 1 aliphatic carbocycles. The minimum atomic E-state index is -1.12. The van der Waals surface area contributed by atoms with E-state index < -0.39 is 29.6 Å². The van der Waals surface area contributed by atoms with Crippen LogP contribution >= 0.6 is 0 Å². The molecule has 212 valence electrons. The fraction of sp³-hybridized carbons (Fsp3) is 0.656. The number of nitrogens with one attached hydrogen (secondary N) is 2. The van der Waals surface area contributed by atoms with Crippen LogP contribution in [-0.4, -0.2) is 53.0 Å². The molecule has 3 fully saturated rings. The lowest BCUT2D eigenvalue weighted by Crippen LogP contribution is -2.58. The Hall–Kier alpha value is -2.67. The first-order chi connectivity index (χ1) is 18.5. The van der Waals surface area contributed by atoms with Crippen molar-refractivity contribution >= 4 is 23.4 Å². The molecule has 2 N–H and O–H groups in total. The van der Waals surface area contributed by atoms with Gasteiger partial charge >= 0.3 is 0 Å². The molecule has 1 spiro atoms. The Morgan fingerprint density at radius 3 is 2.46 bits per heavy atom. The third kappa shape index (κ3) is 4.92. The molecule has 0 radical (unpaired) electrons. The van der Waals surface area contributed by atoms with Gasteiger partial charge in [-0.15, -0.1) is 0 Å². The minimum Gasteiger partial charge on any atom is -0.359 e. The average Bonchev–Trinajstić information content (AvgIpc) is 3.53. The van der Waals surface area contributed by atoms with Crippen molar-refractivity contribution in [2.24, 2.45) is 29.6 Å². The van der Waals surface area contributed by atoms with E-state index in [1.54, 1.807) is 4.90 Å². The maximum atomic E-state index is 14.0. The predicted molar refractivity (Wildman–Crippen MR) is 152 cm³/mol. The van der Waals surface area contributed by atoms with Crippen LogP contribution in [0.3, 0.4) is 0 Å². The van der Waals surface area contributed by atoms with E-state index >= 15 is 0 Å². The molecule has 0 unspecified atom stereocenters. The summed E-state index contributed by atoms with van der Waals surface area (Å²) in [4.78, 5) is 43.4. The molecule has 0 aromatic heterocycles. The van der Waals surface area contributed by atoms with Crippen LogP contribution in [0.15, 0.2) is 36.4 Å². The molecule has 3 heterocycles. The number of ether oxygens (including phenoxy) is 1. The molecule has 3 amide bonds. The van der Waals surface area contributed by atoms with Crippen LogP contribution in [0.1, 0.15) is 78.7 Å². The smallest absolute Gasteiger partial charge is 0.246 e. The van der Waals surface area contributed by atoms with Crippen molar-refractivity contribution in [3.63, 3.8) is 0 Å². The van der Waals surface area contributed by atoms with Crippen LogP contribution in [0, 0.1) is 29.6 Å². The van der Waals surface area contributed by atoms with Crippen molar-refractivity contribution in [1.29, 1.82) is 0 Å². The second-order valence-electron chi connectivity index (χ2n) is 13.1.